The number of hydrogen-bond donors (Lipinski definition) is 1. The normalized spacial score (nSPS) is 21.1. The minimum Gasteiger partial charge on any atom is -0.324 e. The van der Waals surface area contributed by atoms with Gasteiger partial charge in [0.15, 0.2) is 0 Å². The molecule has 0 heterocycles. The maximum atomic E-state index is 13.0. The Kier molecular flexibility index (Phi) is 2.57. The van der Waals surface area contributed by atoms with Crippen molar-refractivity contribution >= 4 is 17.2 Å². The molecule has 74 valence electrons. The predicted molar refractivity (Wildman–Crippen MR) is 56.6 cm³/mol. The third-order valence-corrected chi connectivity index (χ3v) is 2.77. The lowest BCUT2D eigenvalue weighted by Gasteiger charge is -2.04. The molecule has 1 aromatic carbocycles. The second-order valence-corrected chi connectivity index (χ2v) is 3.93. The first-order valence-electron chi connectivity index (χ1n) is 4.58. The molecule has 0 radical (unpaired) electrons. The second-order valence-electron chi connectivity index (χ2n) is 3.52. The van der Waals surface area contributed by atoms with Crippen LogP contribution in [-0.2, 0) is 0 Å². The molecule has 0 aromatic heterocycles. The third kappa shape index (κ3) is 1.81. The highest BCUT2D eigenvalue weighted by Crippen LogP contribution is 2.32. The van der Waals surface area contributed by atoms with E-state index in [0.717, 1.165) is 24.0 Å². The van der Waals surface area contributed by atoms with Crippen molar-refractivity contribution in [2.75, 3.05) is 0 Å². The molecule has 1 nitrogen and oxygen atoms in total. The van der Waals surface area contributed by atoms with E-state index >= 15 is 0 Å². The van der Waals surface area contributed by atoms with Crippen LogP contribution in [0.3, 0.4) is 0 Å². The predicted octanol–water partition coefficient (Wildman–Crippen LogP) is 2.98. The Morgan fingerprint density at radius 3 is 2.86 bits per heavy atom. The van der Waals surface area contributed by atoms with Crippen LogP contribution >= 0.6 is 11.6 Å². The van der Waals surface area contributed by atoms with Gasteiger partial charge in [0, 0.05) is 11.1 Å². The first kappa shape index (κ1) is 9.69. The Morgan fingerprint density at radius 1 is 1.43 bits per heavy atom. The van der Waals surface area contributed by atoms with Gasteiger partial charge in [0.2, 0.25) is 0 Å². The van der Waals surface area contributed by atoms with E-state index in [1.54, 1.807) is 6.07 Å². The molecular weight excluding hydrogens is 201 g/mol. The smallest absolute Gasteiger partial charge is 0.123 e. The van der Waals surface area contributed by atoms with Crippen LogP contribution in [0.1, 0.15) is 18.4 Å². The average molecular weight is 212 g/mol. The van der Waals surface area contributed by atoms with Gasteiger partial charge in [0.1, 0.15) is 5.82 Å². The van der Waals surface area contributed by atoms with Crippen LogP contribution < -0.4 is 5.73 Å². The SMILES string of the molecule is NC1C=C(c2cc(F)ccc2Cl)CC1. The summed E-state index contributed by atoms with van der Waals surface area (Å²) in [6, 6.07) is 4.49. The number of halogens is 2. The molecular formula is C11H11ClFN. The van der Waals surface area contributed by atoms with Gasteiger partial charge >= 0.3 is 0 Å². The fourth-order valence-electron chi connectivity index (χ4n) is 1.72. The zero-order valence-electron chi connectivity index (χ0n) is 7.63. The minimum absolute atomic E-state index is 0.0873. The van der Waals surface area contributed by atoms with Gasteiger partial charge in [-0.05, 0) is 42.2 Å². The summed E-state index contributed by atoms with van der Waals surface area (Å²) in [5.74, 6) is -0.259. The summed E-state index contributed by atoms with van der Waals surface area (Å²) in [6.07, 6.45) is 3.76. The van der Waals surface area contributed by atoms with E-state index in [4.69, 9.17) is 17.3 Å². The van der Waals surface area contributed by atoms with Crippen LogP contribution in [-0.4, -0.2) is 6.04 Å². The van der Waals surface area contributed by atoms with Crippen LogP contribution in [0.25, 0.3) is 5.57 Å². The number of rotatable bonds is 1. The van der Waals surface area contributed by atoms with Crippen molar-refractivity contribution in [2.24, 2.45) is 5.73 Å². The van der Waals surface area contributed by atoms with E-state index < -0.39 is 0 Å². The lowest BCUT2D eigenvalue weighted by Crippen LogP contribution is -2.11. The first-order valence-corrected chi connectivity index (χ1v) is 4.96. The lowest BCUT2D eigenvalue weighted by atomic mass is 10.1. The monoisotopic (exact) mass is 211 g/mol. The van der Waals surface area contributed by atoms with Crippen molar-refractivity contribution in [2.45, 2.75) is 18.9 Å². The Morgan fingerprint density at radius 2 is 2.21 bits per heavy atom. The van der Waals surface area contributed by atoms with Crippen LogP contribution in [0, 0.1) is 5.82 Å². The largest absolute Gasteiger partial charge is 0.324 e. The van der Waals surface area contributed by atoms with Crippen LogP contribution in [0.2, 0.25) is 5.02 Å². The van der Waals surface area contributed by atoms with Crippen LogP contribution in [0.5, 0.6) is 0 Å². The van der Waals surface area contributed by atoms with E-state index in [9.17, 15) is 4.39 Å². The van der Waals surface area contributed by atoms with Gasteiger partial charge in [-0.1, -0.05) is 17.7 Å². The Bertz CT molecular complexity index is 387. The molecule has 0 spiro atoms. The molecule has 0 fully saturated rings. The maximum Gasteiger partial charge on any atom is 0.123 e. The molecule has 1 atom stereocenters. The molecule has 0 bridgehead atoms. The van der Waals surface area contributed by atoms with Crippen molar-refractivity contribution in [1.82, 2.24) is 0 Å². The highest BCUT2D eigenvalue weighted by molar-refractivity contribution is 6.32. The van der Waals surface area contributed by atoms with Crippen LogP contribution in [0.4, 0.5) is 4.39 Å². The van der Waals surface area contributed by atoms with E-state index in [2.05, 4.69) is 0 Å². The Labute approximate surface area is 87.4 Å². The van der Waals surface area contributed by atoms with Gasteiger partial charge in [-0.15, -0.1) is 0 Å². The fourth-order valence-corrected chi connectivity index (χ4v) is 1.95. The summed E-state index contributed by atoms with van der Waals surface area (Å²) in [5, 5.41) is 0.590. The summed E-state index contributed by atoms with van der Waals surface area (Å²) >= 11 is 5.98. The van der Waals surface area contributed by atoms with Crippen molar-refractivity contribution in [3.63, 3.8) is 0 Å². The van der Waals surface area contributed by atoms with E-state index in [1.165, 1.54) is 12.1 Å². The summed E-state index contributed by atoms with van der Waals surface area (Å²) < 4.78 is 13.0. The van der Waals surface area contributed by atoms with Crippen molar-refractivity contribution < 1.29 is 4.39 Å². The third-order valence-electron chi connectivity index (χ3n) is 2.44. The summed E-state index contributed by atoms with van der Waals surface area (Å²) in [5.41, 5.74) is 7.57. The molecule has 14 heavy (non-hydrogen) atoms. The van der Waals surface area contributed by atoms with E-state index in [1.807, 2.05) is 6.08 Å². The number of hydrogen-bond acceptors (Lipinski definition) is 1. The molecule has 0 saturated carbocycles. The molecule has 0 amide bonds. The molecule has 0 aliphatic heterocycles. The van der Waals surface area contributed by atoms with Crippen molar-refractivity contribution in [3.8, 4) is 0 Å². The van der Waals surface area contributed by atoms with Gasteiger partial charge in [0.25, 0.3) is 0 Å². The molecule has 2 rings (SSSR count). The first-order chi connectivity index (χ1) is 6.66. The molecule has 0 saturated heterocycles. The van der Waals surface area contributed by atoms with Gasteiger partial charge in [-0.25, -0.2) is 4.39 Å². The minimum atomic E-state index is -0.259. The number of nitrogens with two attached hydrogens (primary N) is 1. The van der Waals surface area contributed by atoms with Crippen molar-refractivity contribution in [1.29, 1.82) is 0 Å². The van der Waals surface area contributed by atoms with Crippen LogP contribution in [0.15, 0.2) is 24.3 Å². The topological polar surface area (TPSA) is 26.0 Å². The van der Waals surface area contributed by atoms with Gasteiger partial charge in [-0.2, -0.15) is 0 Å². The zero-order valence-corrected chi connectivity index (χ0v) is 8.39. The Balaban J connectivity index is 2.41. The second kappa shape index (κ2) is 3.71. The quantitative estimate of drug-likeness (QED) is 0.760. The average Bonchev–Trinajstić information content (AvgIpc) is 2.56. The van der Waals surface area contributed by atoms with Gasteiger partial charge < -0.3 is 5.73 Å². The Hall–Kier alpha value is -0.860. The van der Waals surface area contributed by atoms with Gasteiger partial charge in [-0.3, -0.25) is 0 Å². The fraction of sp³-hybridized carbons (Fsp3) is 0.273. The van der Waals surface area contributed by atoms with E-state index in [-0.39, 0.29) is 11.9 Å². The summed E-state index contributed by atoms with van der Waals surface area (Å²) in [6.45, 7) is 0. The molecule has 3 heteroatoms. The number of benzene rings is 1. The molecule has 1 aliphatic carbocycles. The van der Waals surface area contributed by atoms with Crippen molar-refractivity contribution in [3.05, 3.63) is 40.7 Å². The van der Waals surface area contributed by atoms with Gasteiger partial charge in [0.05, 0.1) is 0 Å². The lowest BCUT2D eigenvalue weighted by molar-refractivity contribution is 0.627. The molecule has 1 aliphatic rings. The number of allylic oxidation sites excluding steroid dienone is 1. The summed E-state index contributed by atoms with van der Waals surface area (Å²) in [4.78, 5) is 0. The van der Waals surface area contributed by atoms with E-state index in [0.29, 0.717) is 5.02 Å². The summed E-state index contributed by atoms with van der Waals surface area (Å²) in [7, 11) is 0. The maximum absolute atomic E-state index is 13.0. The molecule has 2 N–H and O–H groups in total. The highest BCUT2D eigenvalue weighted by Gasteiger charge is 2.15. The molecule has 1 aromatic rings. The molecule has 1 unspecified atom stereocenters. The zero-order chi connectivity index (χ0) is 10.1. The highest BCUT2D eigenvalue weighted by atomic mass is 35.5. The standard InChI is InChI=1S/C11H11ClFN/c12-11-4-2-8(13)6-10(11)7-1-3-9(14)5-7/h2,4-6,9H,1,3,14H2.